The van der Waals surface area contributed by atoms with Crippen molar-refractivity contribution in [2.75, 3.05) is 12.4 Å². The Hall–Kier alpha value is -1.89. The van der Waals surface area contributed by atoms with Crippen molar-refractivity contribution in [3.05, 3.63) is 58.6 Å². The van der Waals surface area contributed by atoms with Crippen LogP contribution in [0.5, 0.6) is 5.75 Å². The van der Waals surface area contributed by atoms with Crippen LogP contribution >= 0.6 is 35.0 Å². The minimum absolute atomic E-state index is 0.0131. The summed E-state index contributed by atoms with van der Waals surface area (Å²) in [6.45, 7) is -0.0487. The summed E-state index contributed by atoms with van der Waals surface area (Å²) in [6, 6.07) is 14.4. The molecule has 1 aliphatic rings. The van der Waals surface area contributed by atoms with Gasteiger partial charge in [-0.25, -0.2) is 0 Å². The standard InChI is InChI=1S/C20H20Cl2N2O3S/c21-13-1-5-17(6-2-13)27-11-19(25)23-15-9-16(10-15)24-20(26)12-28-18-7-3-14(22)4-8-18/h1-8,15-16H,9-12H2,(H,23,25)(H,24,26). The van der Waals surface area contributed by atoms with Gasteiger partial charge < -0.3 is 15.4 Å². The minimum atomic E-state index is -0.178. The number of rotatable bonds is 8. The molecule has 0 aliphatic heterocycles. The molecule has 2 aromatic carbocycles. The topological polar surface area (TPSA) is 67.4 Å². The summed E-state index contributed by atoms with van der Waals surface area (Å²) in [4.78, 5) is 25.0. The van der Waals surface area contributed by atoms with E-state index in [0.29, 0.717) is 21.5 Å². The Morgan fingerprint density at radius 2 is 1.43 bits per heavy atom. The molecule has 0 aromatic heterocycles. The SMILES string of the molecule is O=C(COc1ccc(Cl)cc1)NC1CC(NC(=O)CSc2ccc(Cl)cc2)C1. The van der Waals surface area contributed by atoms with E-state index >= 15 is 0 Å². The van der Waals surface area contributed by atoms with Crippen molar-refractivity contribution in [1.82, 2.24) is 10.6 Å². The average molecular weight is 439 g/mol. The number of carbonyl (C=O) groups is 2. The quantitative estimate of drug-likeness (QED) is 0.612. The fourth-order valence-electron chi connectivity index (χ4n) is 2.75. The highest BCUT2D eigenvalue weighted by Gasteiger charge is 2.31. The Labute approximate surface area is 178 Å². The number of carbonyl (C=O) groups excluding carboxylic acids is 2. The lowest BCUT2D eigenvalue weighted by Crippen LogP contribution is -2.54. The lowest BCUT2D eigenvalue weighted by atomic mass is 9.86. The van der Waals surface area contributed by atoms with Gasteiger partial charge in [-0.15, -0.1) is 11.8 Å². The Balaban J connectivity index is 1.28. The van der Waals surface area contributed by atoms with Gasteiger partial charge in [-0.3, -0.25) is 9.59 Å². The maximum absolute atomic E-state index is 12.0. The van der Waals surface area contributed by atoms with Crippen molar-refractivity contribution in [2.24, 2.45) is 0 Å². The van der Waals surface area contributed by atoms with Gasteiger partial charge >= 0.3 is 0 Å². The molecule has 0 atom stereocenters. The number of hydrogen-bond donors (Lipinski definition) is 2. The lowest BCUT2D eigenvalue weighted by Gasteiger charge is -2.36. The predicted molar refractivity (Wildman–Crippen MR) is 112 cm³/mol. The molecule has 148 valence electrons. The summed E-state index contributed by atoms with van der Waals surface area (Å²) in [6.07, 6.45) is 1.45. The Morgan fingerprint density at radius 1 is 0.893 bits per heavy atom. The molecule has 3 rings (SSSR count). The van der Waals surface area contributed by atoms with E-state index in [2.05, 4.69) is 10.6 Å². The van der Waals surface area contributed by atoms with Crippen LogP contribution in [0, 0.1) is 0 Å². The monoisotopic (exact) mass is 438 g/mol. The van der Waals surface area contributed by atoms with Crippen molar-refractivity contribution in [1.29, 1.82) is 0 Å². The second-order valence-electron chi connectivity index (χ2n) is 6.49. The highest BCUT2D eigenvalue weighted by molar-refractivity contribution is 8.00. The molecule has 0 spiro atoms. The normalized spacial score (nSPS) is 18.1. The Bertz CT molecular complexity index is 742. The van der Waals surface area contributed by atoms with Gasteiger partial charge in [0.1, 0.15) is 5.75 Å². The summed E-state index contributed by atoms with van der Waals surface area (Å²) in [5, 5.41) is 7.18. The van der Waals surface area contributed by atoms with Crippen LogP contribution in [0.4, 0.5) is 0 Å². The van der Waals surface area contributed by atoms with Gasteiger partial charge in [-0.2, -0.15) is 0 Å². The average Bonchev–Trinajstić information content (AvgIpc) is 2.65. The summed E-state index contributed by atoms with van der Waals surface area (Å²) in [7, 11) is 0. The first-order valence-corrected chi connectivity index (χ1v) is 10.6. The molecule has 8 heteroatoms. The van der Waals surface area contributed by atoms with Crippen molar-refractivity contribution in [3.63, 3.8) is 0 Å². The van der Waals surface area contributed by atoms with Crippen LogP contribution in [0.25, 0.3) is 0 Å². The summed E-state index contributed by atoms with van der Waals surface area (Å²) in [5.41, 5.74) is 0. The molecular formula is C20H20Cl2N2O3S. The van der Waals surface area contributed by atoms with Crippen LogP contribution in [0.3, 0.4) is 0 Å². The van der Waals surface area contributed by atoms with E-state index in [4.69, 9.17) is 27.9 Å². The van der Waals surface area contributed by atoms with Crippen LogP contribution < -0.4 is 15.4 Å². The second kappa shape index (κ2) is 10.0. The van der Waals surface area contributed by atoms with Gasteiger partial charge in [0.05, 0.1) is 5.75 Å². The fraction of sp³-hybridized carbons (Fsp3) is 0.300. The number of amides is 2. The highest BCUT2D eigenvalue weighted by atomic mass is 35.5. The van der Waals surface area contributed by atoms with Gasteiger partial charge in [0.25, 0.3) is 5.91 Å². The molecule has 2 N–H and O–H groups in total. The van der Waals surface area contributed by atoms with Gasteiger partial charge in [-0.05, 0) is 61.4 Å². The van der Waals surface area contributed by atoms with E-state index in [1.807, 2.05) is 12.1 Å². The number of hydrogen-bond acceptors (Lipinski definition) is 4. The van der Waals surface area contributed by atoms with Crippen LogP contribution in [0.1, 0.15) is 12.8 Å². The summed E-state index contributed by atoms with van der Waals surface area (Å²) in [5.74, 6) is 0.754. The van der Waals surface area contributed by atoms with E-state index in [1.54, 1.807) is 36.4 Å². The third-order valence-electron chi connectivity index (χ3n) is 4.24. The molecular weight excluding hydrogens is 419 g/mol. The van der Waals surface area contributed by atoms with E-state index in [0.717, 1.165) is 17.7 Å². The zero-order valence-corrected chi connectivity index (χ0v) is 17.3. The first kappa shape index (κ1) is 20.8. The number of benzene rings is 2. The van der Waals surface area contributed by atoms with Crippen LogP contribution in [-0.4, -0.2) is 36.3 Å². The van der Waals surface area contributed by atoms with Crippen LogP contribution in [0.2, 0.25) is 10.0 Å². The molecule has 2 aromatic rings. The number of halogens is 2. The number of nitrogens with one attached hydrogen (secondary N) is 2. The first-order chi connectivity index (χ1) is 13.5. The second-order valence-corrected chi connectivity index (χ2v) is 8.41. The van der Waals surface area contributed by atoms with Crippen molar-refractivity contribution < 1.29 is 14.3 Å². The molecule has 0 bridgehead atoms. The predicted octanol–water partition coefficient (Wildman–Crippen LogP) is 3.93. The van der Waals surface area contributed by atoms with Crippen molar-refractivity contribution >= 4 is 46.8 Å². The van der Waals surface area contributed by atoms with E-state index in [-0.39, 0.29) is 30.5 Å². The molecule has 0 heterocycles. The Kier molecular flexibility index (Phi) is 7.48. The summed E-state index contributed by atoms with van der Waals surface area (Å²) >= 11 is 13.1. The van der Waals surface area contributed by atoms with E-state index in [9.17, 15) is 9.59 Å². The van der Waals surface area contributed by atoms with Crippen molar-refractivity contribution in [2.45, 2.75) is 29.8 Å². The largest absolute Gasteiger partial charge is 0.484 e. The summed E-state index contributed by atoms with van der Waals surface area (Å²) < 4.78 is 5.41. The number of thioether (sulfide) groups is 1. The zero-order chi connectivity index (χ0) is 19.9. The molecule has 0 radical (unpaired) electrons. The molecule has 1 fully saturated rings. The third kappa shape index (κ3) is 6.62. The zero-order valence-electron chi connectivity index (χ0n) is 15.0. The highest BCUT2D eigenvalue weighted by Crippen LogP contribution is 2.22. The smallest absolute Gasteiger partial charge is 0.258 e. The van der Waals surface area contributed by atoms with Gasteiger partial charge in [-0.1, -0.05) is 23.2 Å². The van der Waals surface area contributed by atoms with E-state index in [1.165, 1.54) is 11.8 Å². The van der Waals surface area contributed by atoms with Gasteiger partial charge in [0.15, 0.2) is 6.61 Å². The molecule has 2 amide bonds. The number of ether oxygens (including phenoxy) is 1. The van der Waals surface area contributed by atoms with Gasteiger partial charge in [0, 0.05) is 27.0 Å². The molecule has 1 saturated carbocycles. The van der Waals surface area contributed by atoms with Crippen LogP contribution in [0.15, 0.2) is 53.4 Å². The molecule has 0 unspecified atom stereocenters. The molecule has 28 heavy (non-hydrogen) atoms. The van der Waals surface area contributed by atoms with Crippen molar-refractivity contribution in [3.8, 4) is 5.75 Å². The maximum Gasteiger partial charge on any atom is 0.258 e. The molecule has 0 saturated heterocycles. The maximum atomic E-state index is 12.0. The third-order valence-corrected chi connectivity index (χ3v) is 5.75. The fourth-order valence-corrected chi connectivity index (χ4v) is 3.71. The molecule has 1 aliphatic carbocycles. The Morgan fingerprint density at radius 3 is 2.04 bits per heavy atom. The molecule has 5 nitrogen and oxygen atoms in total. The first-order valence-electron chi connectivity index (χ1n) is 8.83. The van der Waals surface area contributed by atoms with Crippen LogP contribution in [-0.2, 0) is 9.59 Å². The lowest BCUT2D eigenvalue weighted by molar-refractivity contribution is -0.124. The van der Waals surface area contributed by atoms with Gasteiger partial charge in [0.2, 0.25) is 5.91 Å². The minimum Gasteiger partial charge on any atom is -0.484 e. The van der Waals surface area contributed by atoms with E-state index < -0.39 is 0 Å².